The van der Waals surface area contributed by atoms with E-state index < -0.39 is 0 Å². The molecule has 0 aliphatic heterocycles. The Morgan fingerprint density at radius 1 is 1.40 bits per heavy atom. The fourth-order valence-corrected chi connectivity index (χ4v) is 2.89. The van der Waals surface area contributed by atoms with Gasteiger partial charge in [0.25, 0.3) is 0 Å². The second-order valence-corrected chi connectivity index (χ2v) is 4.34. The summed E-state index contributed by atoms with van der Waals surface area (Å²) in [4.78, 5) is 11.6. The number of hydrogen-bond acceptors (Lipinski definition) is 1. The van der Waals surface area contributed by atoms with Crippen molar-refractivity contribution in [3.63, 3.8) is 0 Å². The summed E-state index contributed by atoms with van der Waals surface area (Å²) < 4.78 is 2.68. The van der Waals surface area contributed by atoms with Crippen LogP contribution in [0.1, 0.15) is 23.0 Å². The fraction of sp³-hybridized carbons (Fsp3) is 0.250. The molecule has 2 rings (SSSR count). The molecule has 0 atom stereocenters. The van der Waals surface area contributed by atoms with E-state index >= 15 is 0 Å². The highest BCUT2D eigenvalue weighted by atomic mass is 127. The third kappa shape index (κ3) is 1.58. The number of nitrogens with zero attached hydrogens (tertiary/aromatic N) is 1. The van der Waals surface area contributed by atoms with Gasteiger partial charge in [-0.05, 0) is 18.6 Å². The summed E-state index contributed by atoms with van der Waals surface area (Å²) >= 11 is 2.30. The lowest BCUT2D eigenvalue weighted by atomic mass is 10.2. The van der Waals surface area contributed by atoms with Crippen molar-refractivity contribution in [2.45, 2.75) is 18.3 Å². The van der Waals surface area contributed by atoms with Gasteiger partial charge < -0.3 is 0 Å². The molecule has 15 heavy (non-hydrogen) atoms. The normalized spacial score (nSPS) is 10.9. The number of aryl methyl sites for hydroxylation is 1. The number of aromatic nitrogens is 1. The third-order valence-corrected chi connectivity index (χ3v) is 3.42. The second kappa shape index (κ2) is 3.96. The zero-order valence-electron chi connectivity index (χ0n) is 8.75. The molecule has 0 amide bonds. The topological polar surface area (TPSA) is 22.0 Å². The van der Waals surface area contributed by atoms with Gasteiger partial charge in [-0.2, -0.15) is 0 Å². The van der Waals surface area contributed by atoms with Crippen LogP contribution in [-0.4, -0.2) is 10.5 Å². The first-order valence-corrected chi connectivity index (χ1v) is 6.35. The van der Waals surface area contributed by atoms with Gasteiger partial charge in [-0.1, -0.05) is 40.8 Å². The lowest BCUT2D eigenvalue weighted by Crippen LogP contribution is -2.08. The minimum atomic E-state index is 0.0889. The van der Waals surface area contributed by atoms with Crippen molar-refractivity contribution in [2.75, 3.05) is 0 Å². The summed E-state index contributed by atoms with van der Waals surface area (Å²) in [6.45, 7) is 3.69. The number of alkyl halides is 1. The maximum Gasteiger partial charge on any atom is 0.228 e. The molecule has 0 N–H and O–H groups in total. The molecule has 1 aromatic heterocycles. The molecule has 78 valence electrons. The van der Waals surface area contributed by atoms with E-state index in [2.05, 4.69) is 35.6 Å². The largest absolute Gasteiger partial charge is 0.283 e. The quantitative estimate of drug-likeness (QED) is 0.583. The molecule has 0 bridgehead atoms. The van der Waals surface area contributed by atoms with Crippen molar-refractivity contribution >= 4 is 39.4 Å². The zero-order valence-corrected chi connectivity index (χ0v) is 10.9. The SMILES string of the molecule is CC(=O)n1c(CI)c(C)c2ccccc21. The molecule has 0 radical (unpaired) electrons. The van der Waals surface area contributed by atoms with Crippen molar-refractivity contribution in [1.29, 1.82) is 0 Å². The van der Waals surface area contributed by atoms with Gasteiger partial charge in [0.15, 0.2) is 0 Å². The second-order valence-electron chi connectivity index (χ2n) is 3.58. The molecule has 0 spiro atoms. The molecular formula is C12H12INO. The summed E-state index contributed by atoms with van der Waals surface area (Å²) in [6, 6.07) is 8.05. The highest BCUT2D eigenvalue weighted by Crippen LogP contribution is 2.26. The number of para-hydroxylation sites is 1. The molecule has 0 aliphatic carbocycles. The highest BCUT2D eigenvalue weighted by molar-refractivity contribution is 14.1. The van der Waals surface area contributed by atoms with Crippen LogP contribution in [0.3, 0.4) is 0 Å². The van der Waals surface area contributed by atoms with E-state index in [1.165, 1.54) is 10.9 Å². The Morgan fingerprint density at radius 3 is 2.67 bits per heavy atom. The molecule has 2 nitrogen and oxygen atoms in total. The van der Waals surface area contributed by atoms with E-state index in [0.717, 1.165) is 15.6 Å². The number of hydrogen-bond donors (Lipinski definition) is 0. The molecule has 0 unspecified atom stereocenters. The summed E-state index contributed by atoms with van der Waals surface area (Å²) in [7, 11) is 0. The molecule has 0 fully saturated rings. The van der Waals surface area contributed by atoms with Crippen molar-refractivity contribution in [3.8, 4) is 0 Å². The van der Waals surface area contributed by atoms with Gasteiger partial charge in [0.1, 0.15) is 0 Å². The van der Waals surface area contributed by atoms with Gasteiger partial charge in [0.2, 0.25) is 5.91 Å². The molecular weight excluding hydrogens is 301 g/mol. The van der Waals surface area contributed by atoms with Crippen LogP contribution in [0, 0.1) is 6.92 Å². The number of fused-ring (bicyclic) bond motifs is 1. The first-order valence-electron chi connectivity index (χ1n) is 4.82. The smallest absolute Gasteiger partial charge is 0.228 e. The van der Waals surface area contributed by atoms with Crippen molar-refractivity contribution in [1.82, 2.24) is 4.57 Å². The van der Waals surface area contributed by atoms with Gasteiger partial charge in [0, 0.05) is 22.4 Å². The van der Waals surface area contributed by atoms with Gasteiger partial charge in [-0.3, -0.25) is 9.36 Å². The summed E-state index contributed by atoms with van der Waals surface area (Å²) in [5, 5.41) is 1.18. The molecule has 2 aromatic rings. The van der Waals surface area contributed by atoms with Crippen molar-refractivity contribution < 1.29 is 4.79 Å². The Bertz CT molecular complexity index is 528. The predicted octanol–water partition coefficient (Wildman–Crippen LogP) is 3.54. The average Bonchev–Trinajstić information content (AvgIpc) is 2.52. The van der Waals surface area contributed by atoms with Gasteiger partial charge in [0.05, 0.1) is 5.52 Å². The molecule has 0 saturated heterocycles. The van der Waals surface area contributed by atoms with Crippen molar-refractivity contribution in [2.24, 2.45) is 0 Å². The lowest BCUT2D eigenvalue weighted by molar-refractivity contribution is 0.0939. The average molecular weight is 313 g/mol. The minimum Gasteiger partial charge on any atom is -0.283 e. The molecule has 3 heteroatoms. The van der Waals surface area contributed by atoms with Gasteiger partial charge in [-0.25, -0.2) is 0 Å². The van der Waals surface area contributed by atoms with Crippen LogP contribution in [0.5, 0.6) is 0 Å². The Hall–Kier alpha value is -0.840. The Morgan fingerprint density at radius 2 is 2.07 bits per heavy atom. The number of carbonyl (C=O) groups is 1. The fourth-order valence-electron chi connectivity index (χ4n) is 1.97. The van der Waals surface area contributed by atoms with Crippen LogP contribution in [-0.2, 0) is 4.43 Å². The zero-order chi connectivity index (χ0) is 11.0. The van der Waals surface area contributed by atoms with Crippen molar-refractivity contribution in [3.05, 3.63) is 35.5 Å². The number of rotatable bonds is 1. The van der Waals surface area contributed by atoms with E-state index in [1.54, 1.807) is 6.92 Å². The Kier molecular flexibility index (Phi) is 2.82. The van der Waals surface area contributed by atoms with E-state index in [9.17, 15) is 4.79 Å². The lowest BCUT2D eigenvalue weighted by Gasteiger charge is -2.03. The summed E-state index contributed by atoms with van der Waals surface area (Å²) in [6.07, 6.45) is 0. The maximum absolute atomic E-state index is 11.6. The van der Waals surface area contributed by atoms with Crippen LogP contribution in [0.4, 0.5) is 0 Å². The first-order chi connectivity index (χ1) is 7.16. The number of carbonyl (C=O) groups excluding carboxylic acids is 1. The molecule has 1 aromatic carbocycles. The molecule has 0 aliphatic rings. The molecule has 1 heterocycles. The van der Waals surface area contributed by atoms with E-state index in [4.69, 9.17) is 0 Å². The van der Waals surface area contributed by atoms with E-state index in [1.807, 2.05) is 22.8 Å². The van der Waals surface area contributed by atoms with Crippen LogP contribution in [0.25, 0.3) is 10.9 Å². The van der Waals surface area contributed by atoms with E-state index in [-0.39, 0.29) is 5.91 Å². The summed E-state index contributed by atoms with van der Waals surface area (Å²) in [5.74, 6) is 0.0889. The highest BCUT2D eigenvalue weighted by Gasteiger charge is 2.14. The first kappa shape index (κ1) is 10.7. The van der Waals surface area contributed by atoms with Crippen LogP contribution in [0.2, 0.25) is 0 Å². The third-order valence-electron chi connectivity index (χ3n) is 2.69. The number of halogens is 1. The van der Waals surface area contributed by atoms with Gasteiger partial charge in [-0.15, -0.1) is 0 Å². The maximum atomic E-state index is 11.6. The Balaban J connectivity index is 2.91. The minimum absolute atomic E-state index is 0.0889. The predicted molar refractivity (Wildman–Crippen MR) is 70.7 cm³/mol. The van der Waals surface area contributed by atoms with Crippen LogP contribution in [0.15, 0.2) is 24.3 Å². The molecule has 0 saturated carbocycles. The van der Waals surface area contributed by atoms with Crippen LogP contribution < -0.4 is 0 Å². The monoisotopic (exact) mass is 313 g/mol. The standard InChI is InChI=1S/C12H12INO/c1-8-10-5-3-4-6-11(10)14(9(2)15)12(8)7-13/h3-6H,7H2,1-2H3. The summed E-state index contributed by atoms with van der Waals surface area (Å²) in [5.41, 5.74) is 3.36. The van der Waals surface area contributed by atoms with Gasteiger partial charge >= 0.3 is 0 Å². The van der Waals surface area contributed by atoms with E-state index in [0.29, 0.717) is 0 Å². The van der Waals surface area contributed by atoms with Crippen LogP contribution >= 0.6 is 22.6 Å². The number of benzene rings is 1. The Labute approximate surface area is 102 Å².